The van der Waals surface area contributed by atoms with Crippen molar-refractivity contribution in [3.8, 4) is 5.75 Å². The van der Waals surface area contributed by atoms with Crippen LogP contribution < -0.4 is 15.0 Å². The molecule has 2 atom stereocenters. The first-order valence-electron chi connectivity index (χ1n) is 8.56. The summed E-state index contributed by atoms with van der Waals surface area (Å²) < 4.78 is 42.8. The van der Waals surface area contributed by atoms with Gasteiger partial charge in [0, 0.05) is 0 Å². The summed E-state index contributed by atoms with van der Waals surface area (Å²) in [5.74, 6) is -0.480. The molecule has 6 nitrogen and oxygen atoms in total. The Bertz CT molecular complexity index is 868. The van der Waals surface area contributed by atoms with Gasteiger partial charge >= 0.3 is 0 Å². The monoisotopic (exact) mass is 394 g/mol. The minimum absolute atomic E-state index is 0.0435. The Hall–Kier alpha value is -2.45. The fourth-order valence-corrected chi connectivity index (χ4v) is 3.11. The van der Waals surface area contributed by atoms with Crippen LogP contribution in [0.25, 0.3) is 0 Å². The van der Waals surface area contributed by atoms with Gasteiger partial charge in [-0.2, -0.15) is 0 Å². The van der Waals surface area contributed by atoms with Gasteiger partial charge in [0.25, 0.3) is 15.9 Å². The van der Waals surface area contributed by atoms with Gasteiger partial charge in [0.05, 0.1) is 4.90 Å². The second-order valence-corrected chi connectivity index (χ2v) is 7.87. The summed E-state index contributed by atoms with van der Waals surface area (Å²) in [6.07, 6.45) is -0.0299. The second kappa shape index (κ2) is 8.96. The van der Waals surface area contributed by atoms with Crippen molar-refractivity contribution >= 4 is 15.9 Å². The zero-order valence-corrected chi connectivity index (χ0v) is 16.2. The first-order valence-corrected chi connectivity index (χ1v) is 10.0. The van der Waals surface area contributed by atoms with Crippen LogP contribution in [0.4, 0.5) is 4.39 Å². The molecule has 0 saturated carbocycles. The average Bonchev–Trinajstić information content (AvgIpc) is 2.67. The third-order valence-electron chi connectivity index (χ3n) is 4.18. The van der Waals surface area contributed by atoms with Crippen LogP contribution in [-0.2, 0) is 14.8 Å². The van der Waals surface area contributed by atoms with Gasteiger partial charge in [0.2, 0.25) is 0 Å². The Morgan fingerprint density at radius 1 is 1.07 bits per heavy atom. The van der Waals surface area contributed by atoms with E-state index in [1.165, 1.54) is 43.3 Å². The molecule has 0 bridgehead atoms. The first kappa shape index (κ1) is 20.9. The van der Waals surface area contributed by atoms with Crippen LogP contribution >= 0.6 is 0 Å². The van der Waals surface area contributed by atoms with Crippen molar-refractivity contribution in [3.05, 3.63) is 59.9 Å². The Kier molecular flexibility index (Phi) is 6.92. The zero-order chi connectivity index (χ0) is 20.0. The van der Waals surface area contributed by atoms with Crippen LogP contribution in [0.2, 0.25) is 0 Å². The molecule has 0 spiro atoms. The highest BCUT2D eigenvalue weighted by Crippen LogP contribution is 2.20. The van der Waals surface area contributed by atoms with E-state index in [0.29, 0.717) is 11.7 Å². The number of hydrogen-bond acceptors (Lipinski definition) is 4. The Morgan fingerprint density at radius 2 is 1.67 bits per heavy atom. The van der Waals surface area contributed by atoms with Crippen molar-refractivity contribution in [2.45, 2.75) is 44.1 Å². The Balaban J connectivity index is 1.95. The smallest absolute Gasteiger partial charge is 0.275 e. The lowest BCUT2D eigenvalue weighted by atomic mass is 9.99. The van der Waals surface area contributed by atoms with Crippen LogP contribution in [0.3, 0.4) is 0 Å². The lowest BCUT2D eigenvalue weighted by Gasteiger charge is -2.15. The molecule has 0 saturated heterocycles. The summed E-state index contributed by atoms with van der Waals surface area (Å²) in [6.45, 7) is 5.57. The van der Waals surface area contributed by atoms with Crippen molar-refractivity contribution in [1.29, 1.82) is 0 Å². The molecule has 0 unspecified atom stereocenters. The number of halogens is 1. The number of hydrazine groups is 1. The number of hydrogen-bond donors (Lipinski definition) is 2. The number of amides is 1. The average molecular weight is 394 g/mol. The number of rotatable bonds is 8. The summed E-state index contributed by atoms with van der Waals surface area (Å²) in [5.41, 5.74) is 3.17. The summed E-state index contributed by atoms with van der Waals surface area (Å²) >= 11 is 0. The molecule has 0 radical (unpaired) electrons. The van der Waals surface area contributed by atoms with Gasteiger partial charge < -0.3 is 4.74 Å². The van der Waals surface area contributed by atoms with E-state index in [9.17, 15) is 17.6 Å². The SMILES string of the molecule is CC[C@@H](C)c1ccc(S(=O)(=O)NNC(=O)[C@H](C)Oc2ccc(F)cc2)cc1. The normalized spacial score (nSPS) is 13.6. The number of nitrogens with one attached hydrogen (secondary N) is 2. The maximum Gasteiger partial charge on any atom is 0.275 e. The fourth-order valence-electron chi connectivity index (χ4n) is 2.26. The van der Waals surface area contributed by atoms with Gasteiger partial charge in [-0.1, -0.05) is 26.0 Å². The van der Waals surface area contributed by atoms with E-state index in [1.807, 2.05) is 4.83 Å². The van der Waals surface area contributed by atoms with E-state index in [4.69, 9.17) is 4.74 Å². The number of sulfonamides is 1. The van der Waals surface area contributed by atoms with Crippen molar-refractivity contribution in [3.63, 3.8) is 0 Å². The van der Waals surface area contributed by atoms with Gasteiger partial charge in [-0.15, -0.1) is 4.83 Å². The topological polar surface area (TPSA) is 84.5 Å². The number of carbonyl (C=O) groups excluding carboxylic acids is 1. The molecule has 0 aromatic heterocycles. The summed E-state index contributed by atoms with van der Waals surface area (Å²) in [5, 5.41) is 0. The zero-order valence-electron chi connectivity index (χ0n) is 15.4. The van der Waals surface area contributed by atoms with E-state index >= 15 is 0 Å². The van der Waals surface area contributed by atoms with E-state index < -0.39 is 27.9 Å². The fraction of sp³-hybridized carbons (Fsp3) is 0.316. The van der Waals surface area contributed by atoms with Gasteiger partial charge in [-0.3, -0.25) is 10.2 Å². The molecule has 2 aromatic carbocycles. The van der Waals surface area contributed by atoms with Crippen molar-refractivity contribution < 1.29 is 22.3 Å². The maximum absolute atomic E-state index is 12.9. The predicted molar refractivity (Wildman–Crippen MR) is 100 cm³/mol. The molecule has 8 heteroatoms. The van der Waals surface area contributed by atoms with E-state index in [-0.39, 0.29) is 4.90 Å². The quantitative estimate of drug-likeness (QED) is 0.674. The molecule has 27 heavy (non-hydrogen) atoms. The second-order valence-electron chi connectivity index (χ2n) is 6.19. The van der Waals surface area contributed by atoms with Gasteiger partial charge in [0.1, 0.15) is 11.6 Å². The third-order valence-corrected chi connectivity index (χ3v) is 5.44. The molecule has 0 heterocycles. The molecule has 2 rings (SSSR count). The number of benzene rings is 2. The van der Waals surface area contributed by atoms with E-state index in [2.05, 4.69) is 19.3 Å². The highest BCUT2D eigenvalue weighted by Gasteiger charge is 2.19. The largest absolute Gasteiger partial charge is 0.481 e. The minimum Gasteiger partial charge on any atom is -0.481 e. The van der Waals surface area contributed by atoms with Crippen LogP contribution in [0.15, 0.2) is 53.4 Å². The van der Waals surface area contributed by atoms with E-state index in [0.717, 1.165) is 12.0 Å². The van der Waals surface area contributed by atoms with Gasteiger partial charge in [-0.05, 0) is 61.2 Å². The predicted octanol–water partition coefficient (Wildman–Crippen LogP) is 3.12. The number of carbonyl (C=O) groups is 1. The van der Waals surface area contributed by atoms with Gasteiger partial charge in [0.15, 0.2) is 6.10 Å². The van der Waals surface area contributed by atoms with E-state index in [1.54, 1.807) is 12.1 Å². The molecule has 0 aliphatic rings. The minimum atomic E-state index is -3.90. The number of ether oxygens (including phenoxy) is 1. The molecule has 2 aromatic rings. The molecule has 0 aliphatic heterocycles. The summed E-state index contributed by atoms with van der Waals surface area (Å²) in [4.78, 5) is 14.1. The highest BCUT2D eigenvalue weighted by molar-refractivity contribution is 7.89. The van der Waals surface area contributed by atoms with Crippen molar-refractivity contribution in [1.82, 2.24) is 10.3 Å². The molecular weight excluding hydrogens is 371 g/mol. The van der Waals surface area contributed by atoms with Gasteiger partial charge in [-0.25, -0.2) is 12.8 Å². The maximum atomic E-state index is 12.9. The molecule has 2 N–H and O–H groups in total. The highest BCUT2D eigenvalue weighted by atomic mass is 32.2. The van der Waals surface area contributed by atoms with Crippen LogP contribution in [0, 0.1) is 5.82 Å². The first-order chi connectivity index (χ1) is 12.7. The molecule has 0 aliphatic carbocycles. The lowest BCUT2D eigenvalue weighted by molar-refractivity contribution is -0.127. The summed E-state index contributed by atoms with van der Waals surface area (Å²) in [6, 6.07) is 11.7. The summed E-state index contributed by atoms with van der Waals surface area (Å²) in [7, 11) is -3.90. The molecular formula is C19H23FN2O4S. The van der Waals surface area contributed by atoms with Crippen molar-refractivity contribution in [2.24, 2.45) is 0 Å². The molecule has 146 valence electrons. The molecule has 0 fully saturated rings. The van der Waals surface area contributed by atoms with Crippen LogP contribution in [0.5, 0.6) is 5.75 Å². The van der Waals surface area contributed by atoms with Crippen LogP contribution in [-0.4, -0.2) is 20.4 Å². The standard InChI is InChI=1S/C19H23FN2O4S/c1-4-13(2)15-5-11-18(12-6-15)27(24,25)22-21-19(23)14(3)26-17-9-7-16(20)8-10-17/h5-14,22H,4H2,1-3H3,(H,21,23)/t13-,14+/m1/s1. The molecule has 1 amide bonds. The Morgan fingerprint density at radius 3 is 2.22 bits per heavy atom. The Labute approximate surface area is 158 Å². The van der Waals surface area contributed by atoms with Crippen LogP contribution in [0.1, 0.15) is 38.7 Å². The van der Waals surface area contributed by atoms with Crippen molar-refractivity contribution in [2.75, 3.05) is 0 Å². The lowest BCUT2D eigenvalue weighted by Crippen LogP contribution is -2.47. The third kappa shape index (κ3) is 5.77.